The van der Waals surface area contributed by atoms with Crippen LogP contribution in [0.2, 0.25) is 0 Å². The SMILES string of the molecule is CC1(c2ccccc2)C=CC(N(c2ccccc2)c2ccc(-c3ccc4c(c3)c3ccccc3n4-c3ccccc3)cc2)=CC1. The monoisotopic (exact) mass is 578 g/mol. The van der Waals surface area contributed by atoms with Gasteiger partial charge in [-0.05, 0) is 83.8 Å². The van der Waals surface area contributed by atoms with Gasteiger partial charge in [-0.25, -0.2) is 0 Å². The van der Waals surface area contributed by atoms with Gasteiger partial charge in [-0.1, -0.05) is 122 Å². The van der Waals surface area contributed by atoms with E-state index in [0.29, 0.717) is 0 Å². The Morgan fingerprint density at radius 3 is 1.87 bits per heavy atom. The second-order valence-corrected chi connectivity index (χ2v) is 12.1. The lowest BCUT2D eigenvalue weighted by molar-refractivity contribution is 0.595. The molecule has 0 bridgehead atoms. The number of nitrogens with zero attached hydrogens (tertiary/aromatic N) is 2. The van der Waals surface area contributed by atoms with E-state index < -0.39 is 0 Å². The summed E-state index contributed by atoms with van der Waals surface area (Å²) in [6.45, 7) is 2.32. The molecule has 0 saturated heterocycles. The van der Waals surface area contributed by atoms with Gasteiger partial charge in [0.2, 0.25) is 0 Å². The van der Waals surface area contributed by atoms with Crippen molar-refractivity contribution < 1.29 is 0 Å². The summed E-state index contributed by atoms with van der Waals surface area (Å²) < 4.78 is 2.36. The summed E-state index contributed by atoms with van der Waals surface area (Å²) in [4.78, 5) is 2.36. The first-order valence-electron chi connectivity index (χ1n) is 15.7. The Morgan fingerprint density at radius 2 is 1.16 bits per heavy atom. The van der Waals surface area contributed by atoms with Gasteiger partial charge in [0.25, 0.3) is 0 Å². The maximum atomic E-state index is 2.38. The van der Waals surface area contributed by atoms with E-state index in [-0.39, 0.29) is 5.41 Å². The van der Waals surface area contributed by atoms with Crippen molar-refractivity contribution in [3.05, 3.63) is 187 Å². The molecule has 0 amide bonds. The number of para-hydroxylation sites is 3. The molecule has 1 heterocycles. The normalized spacial score (nSPS) is 16.2. The van der Waals surface area contributed by atoms with Crippen LogP contribution in [0.1, 0.15) is 18.9 Å². The molecule has 0 fully saturated rings. The van der Waals surface area contributed by atoms with Crippen molar-refractivity contribution in [1.29, 1.82) is 0 Å². The van der Waals surface area contributed by atoms with Gasteiger partial charge in [-0.3, -0.25) is 0 Å². The van der Waals surface area contributed by atoms with E-state index in [1.54, 1.807) is 0 Å². The molecule has 1 aliphatic carbocycles. The van der Waals surface area contributed by atoms with Crippen LogP contribution in [-0.4, -0.2) is 4.57 Å². The number of benzene rings is 6. The van der Waals surface area contributed by atoms with Crippen molar-refractivity contribution in [2.24, 2.45) is 0 Å². The fourth-order valence-corrected chi connectivity index (χ4v) is 6.76. The molecule has 1 unspecified atom stereocenters. The molecule has 6 aromatic carbocycles. The quantitative estimate of drug-likeness (QED) is 0.191. The van der Waals surface area contributed by atoms with E-state index in [0.717, 1.165) is 17.8 Å². The maximum absolute atomic E-state index is 2.38. The number of fused-ring (bicyclic) bond motifs is 3. The van der Waals surface area contributed by atoms with Gasteiger partial charge in [-0.15, -0.1) is 0 Å². The van der Waals surface area contributed by atoms with Crippen molar-refractivity contribution in [3.8, 4) is 16.8 Å². The van der Waals surface area contributed by atoms with Gasteiger partial charge < -0.3 is 9.47 Å². The molecule has 216 valence electrons. The summed E-state index contributed by atoms with van der Waals surface area (Å²) in [6, 6.07) is 56.7. The summed E-state index contributed by atoms with van der Waals surface area (Å²) in [6.07, 6.45) is 7.97. The van der Waals surface area contributed by atoms with Crippen LogP contribution < -0.4 is 4.90 Å². The van der Waals surface area contributed by atoms with Crippen LogP contribution in [0.25, 0.3) is 38.6 Å². The zero-order valence-electron chi connectivity index (χ0n) is 25.3. The van der Waals surface area contributed by atoms with Crippen LogP contribution >= 0.6 is 0 Å². The van der Waals surface area contributed by atoms with Gasteiger partial charge in [0.1, 0.15) is 0 Å². The maximum Gasteiger partial charge on any atom is 0.0541 e. The Balaban J connectivity index is 1.16. The van der Waals surface area contributed by atoms with Crippen LogP contribution in [0.15, 0.2) is 182 Å². The van der Waals surface area contributed by atoms with Crippen molar-refractivity contribution in [1.82, 2.24) is 4.57 Å². The first kappa shape index (κ1) is 27.0. The van der Waals surface area contributed by atoms with Gasteiger partial charge in [0, 0.05) is 38.9 Å². The minimum atomic E-state index is -0.0146. The minimum absolute atomic E-state index is 0.0146. The summed E-state index contributed by atoms with van der Waals surface area (Å²) in [7, 11) is 0. The summed E-state index contributed by atoms with van der Waals surface area (Å²) in [5.41, 5.74) is 10.9. The molecule has 7 aromatic rings. The van der Waals surface area contributed by atoms with Gasteiger partial charge in [0.05, 0.1) is 11.0 Å². The molecule has 1 aliphatic rings. The predicted octanol–water partition coefficient (Wildman–Crippen LogP) is 11.4. The van der Waals surface area contributed by atoms with Crippen LogP contribution in [0.5, 0.6) is 0 Å². The predicted molar refractivity (Wildman–Crippen MR) is 190 cm³/mol. The van der Waals surface area contributed by atoms with Gasteiger partial charge in [0.15, 0.2) is 0 Å². The van der Waals surface area contributed by atoms with E-state index in [1.165, 1.54) is 49.9 Å². The molecule has 0 radical (unpaired) electrons. The summed E-state index contributed by atoms with van der Waals surface area (Å²) >= 11 is 0. The number of hydrogen-bond donors (Lipinski definition) is 0. The smallest absolute Gasteiger partial charge is 0.0541 e. The topological polar surface area (TPSA) is 8.17 Å². The number of anilines is 2. The van der Waals surface area contributed by atoms with E-state index in [4.69, 9.17) is 0 Å². The molecular weight excluding hydrogens is 544 g/mol. The first-order chi connectivity index (χ1) is 22.2. The molecule has 0 aliphatic heterocycles. The Morgan fingerprint density at radius 1 is 0.556 bits per heavy atom. The van der Waals surface area contributed by atoms with E-state index in [1.807, 2.05) is 0 Å². The molecule has 1 atom stereocenters. The van der Waals surface area contributed by atoms with E-state index >= 15 is 0 Å². The summed E-state index contributed by atoms with van der Waals surface area (Å²) in [5.74, 6) is 0. The molecule has 2 heteroatoms. The standard InChI is InChI=1S/C43H34N2/c1-43(34-13-5-2-6-14-34)29-27-38(28-30-43)44(35-15-7-3-8-16-35)37-24-21-32(22-25-37)33-23-26-42-40(31-33)39-19-11-12-20-41(39)45(42)36-17-9-4-10-18-36/h2-29,31H,30H2,1H3. The number of rotatable bonds is 6. The zero-order chi connectivity index (χ0) is 30.2. The molecular formula is C43H34N2. The largest absolute Gasteiger partial charge is 0.311 e. The third kappa shape index (κ3) is 4.85. The zero-order valence-corrected chi connectivity index (χ0v) is 25.3. The molecule has 0 saturated carbocycles. The highest BCUT2D eigenvalue weighted by Crippen LogP contribution is 2.39. The fraction of sp³-hybridized carbons (Fsp3) is 0.0698. The highest BCUT2D eigenvalue weighted by molar-refractivity contribution is 6.10. The van der Waals surface area contributed by atoms with Crippen molar-refractivity contribution in [2.75, 3.05) is 4.90 Å². The molecule has 45 heavy (non-hydrogen) atoms. The lowest BCUT2D eigenvalue weighted by atomic mass is 9.77. The Labute approximate surface area is 264 Å². The van der Waals surface area contributed by atoms with E-state index in [2.05, 4.69) is 192 Å². The lowest BCUT2D eigenvalue weighted by Gasteiger charge is -2.33. The Hall–Kier alpha value is -5.60. The molecule has 0 N–H and O–H groups in total. The minimum Gasteiger partial charge on any atom is -0.311 e. The van der Waals surface area contributed by atoms with Crippen molar-refractivity contribution >= 4 is 33.2 Å². The van der Waals surface area contributed by atoms with Gasteiger partial charge >= 0.3 is 0 Å². The summed E-state index contributed by atoms with van der Waals surface area (Å²) in [5, 5.41) is 2.53. The van der Waals surface area contributed by atoms with Crippen LogP contribution in [0.4, 0.5) is 11.4 Å². The molecule has 0 spiro atoms. The van der Waals surface area contributed by atoms with Crippen LogP contribution in [-0.2, 0) is 5.41 Å². The average molecular weight is 579 g/mol. The molecule has 2 nitrogen and oxygen atoms in total. The fourth-order valence-electron chi connectivity index (χ4n) is 6.76. The number of allylic oxidation sites excluding steroid dienone is 3. The van der Waals surface area contributed by atoms with E-state index in [9.17, 15) is 0 Å². The van der Waals surface area contributed by atoms with Crippen molar-refractivity contribution in [2.45, 2.75) is 18.8 Å². The molecule has 8 rings (SSSR count). The second-order valence-electron chi connectivity index (χ2n) is 12.1. The third-order valence-electron chi connectivity index (χ3n) is 9.21. The van der Waals surface area contributed by atoms with Gasteiger partial charge in [-0.2, -0.15) is 0 Å². The number of aromatic nitrogens is 1. The number of hydrogen-bond acceptors (Lipinski definition) is 1. The Kier molecular flexibility index (Phi) is 6.69. The lowest BCUT2D eigenvalue weighted by Crippen LogP contribution is -2.24. The first-order valence-corrected chi connectivity index (χ1v) is 15.7. The highest BCUT2D eigenvalue weighted by Gasteiger charge is 2.26. The molecule has 1 aromatic heterocycles. The van der Waals surface area contributed by atoms with Crippen molar-refractivity contribution in [3.63, 3.8) is 0 Å². The highest BCUT2D eigenvalue weighted by atomic mass is 15.1. The second kappa shape index (κ2) is 11.2. The Bertz CT molecular complexity index is 2170. The van der Waals surface area contributed by atoms with Crippen LogP contribution in [0, 0.1) is 0 Å². The third-order valence-corrected chi connectivity index (χ3v) is 9.21. The van der Waals surface area contributed by atoms with Crippen LogP contribution in [0.3, 0.4) is 0 Å². The average Bonchev–Trinajstić information content (AvgIpc) is 3.45.